The van der Waals surface area contributed by atoms with Crippen LogP contribution in [0.15, 0.2) is 23.1 Å². The molecule has 0 saturated heterocycles. The second-order valence-electron chi connectivity index (χ2n) is 3.90. The van der Waals surface area contributed by atoms with E-state index in [0.717, 1.165) is 0 Å². The first-order chi connectivity index (χ1) is 8.81. The average Bonchev–Trinajstić information content (AvgIpc) is 2.33. The van der Waals surface area contributed by atoms with Crippen molar-refractivity contribution in [3.05, 3.63) is 28.2 Å². The summed E-state index contributed by atoms with van der Waals surface area (Å²) in [5, 5.41) is 11.7. The van der Waals surface area contributed by atoms with Crippen molar-refractivity contribution >= 4 is 46.8 Å². The Hall–Kier alpha value is -0.910. The van der Waals surface area contributed by atoms with E-state index in [2.05, 4.69) is 5.32 Å². The van der Waals surface area contributed by atoms with Gasteiger partial charge in [0.2, 0.25) is 5.91 Å². The summed E-state index contributed by atoms with van der Waals surface area (Å²) in [4.78, 5) is 23.1. The van der Waals surface area contributed by atoms with E-state index in [1.54, 1.807) is 25.1 Å². The second-order valence-corrected chi connectivity index (χ2v) is 6.13. The Balaban J connectivity index is 2.68. The molecule has 0 spiro atoms. The van der Waals surface area contributed by atoms with Crippen LogP contribution in [0, 0.1) is 0 Å². The first-order valence-corrected chi connectivity index (χ1v) is 7.09. The molecule has 104 valence electrons. The van der Waals surface area contributed by atoms with Crippen LogP contribution in [-0.4, -0.2) is 28.3 Å². The quantitative estimate of drug-likeness (QED) is 0.818. The van der Waals surface area contributed by atoms with Crippen LogP contribution < -0.4 is 5.32 Å². The molecule has 0 heterocycles. The van der Waals surface area contributed by atoms with Crippen molar-refractivity contribution in [1.82, 2.24) is 5.32 Å². The molecule has 4 nitrogen and oxygen atoms in total. The fourth-order valence-corrected chi connectivity index (χ4v) is 2.62. The molecular weight excluding hydrogens is 309 g/mol. The molecule has 1 rings (SSSR count). The molecule has 0 radical (unpaired) electrons. The van der Waals surface area contributed by atoms with E-state index in [1.165, 1.54) is 18.7 Å². The molecule has 0 aliphatic rings. The zero-order valence-corrected chi connectivity index (χ0v) is 12.6. The van der Waals surface area contributed by atoms with Crippen molar-refractivity contribution in [3.8, 4) is 0 Å². The largest absolute Gasteiger partial charge is 0.480 e. The predicted molar refractivity (Wildman–Crippen MR) is 77.0 cm³/mol. The maximum absolute atomic E-state index is 11.8. The van der Waals surface area contributed by atoms with Gasteiger partial charge in [0, 0.05) is 9.92 Å². The fraction of sp³-hybridized carbons (Fsp3) is 0.333. The first kappa shape index (κ1) is 16.1. The molecule has 2 N–H and O–H groups in total. The van der Waals surface area contributed by atoms with Gasteiger partial charge in [-0.3, -0.25) is 9.59 Å². The lowest BCUT2D eigenvalue weighted by molar-refractivity contribution is -0.141. The molecule has 0 aliphatic carbocycles. The van der Waals surface area contributed by atoms with Crippen LogP contribution in [0.2, 0.25) is 10.0 Å². The molecule has 7 heteroatoms. The van der Waals surface area contributed by atoms with Crippen molar-refractivity contribution in [2.45, 2.75) is 30.0 Å². The van der Waals surface area contributed by atoms with E-state index < -0.39 is 17.3 Å². The minimum Gasteiger partial charge on any atom is -0.480 e. The van der Waals surface area contributed by atoms with Gasteiger partial charge in [-0.15, -0.1) is 11.8 Å². The van der Waals surface area contributed by atoms with E-state index in [9.17, 15) is 9.59 Å². The average molecular weight is 322 g/mol. The van der Waals surface area contributed by atoms with E-state index in [-0.39, 0.29) is 5.91 Å². The van der Waals surface area contributed by atoms with Crippen LogP contribution in [-0.2, 0) is 9.59 Å². The van der Waals surface area contributed by atoms with Gasteiger partial charge >= 0.3 is 5.97 Å². The number of thioether (sulfide) groups is 1. The zero-order valence-electron chi connectivity index (χ0n) is 10.3. The number of benzene rings is 1. The molecular formula is C12H13Cl2NO3S. The lowest BCUT2D eigenvalue weighted by Gasteiger charge is -2.15. The number of amides is 1. The number of hydrogen-bond acceptors (Lipinski definition) is 3. The number of carbonyl (C=O) groups is 2. The Morgan fingerprint density at radius 1 is 1.32 bits per heavy atom. The SMILES string of the molecule is CC(Sc1cc(Cl)ccc1Cl)C(=O)N[C@@H](C)C(=O)O. The van der Waals surface area contributed by atoms with Crippen LogP contribution in [0.25, 0.3) is 0 Å². The van der Waals surface area contributed by atoms with Crippen molar-refractivity contribution < 1.29 is 14.7 Å². The van der Waals surface area contributed by atoms with Crippen LogP contribution in [0.5, 0.6) is 0 Å². The standard InChI is InChI=1S/C12H13Cl2NO3S/c1-6(12(17)18)15-11(16)7(2)19-10-5-8(13)3-4-9(10)14/h3-7H,1-2H3,(H,15,16)(H,17,18)/t6-,7?/m0/s1. The van der Waals surface area contributed by atoms with Gasteiger partial charge < -0.3 is 10.4 Å². The molecule has 0 bridgehead atoms. The van der Waals surface area contributed by atoms with E-state index in [0.29, 0.717) is 14.9 Å². The highest BCUT2D eigenvalue weighted by atomic mass is 35.5. The van der Waals surface area contributed by atoms with Gasteiger partial charge in [-0.2, -0.15) is 0 Å². The Labute approximate surface area is 125 Å². The van der Waals surface area contributed by atoms with Crippen molar-refractivity contribution in [2.75, 3.05) is 0 Å². The van der Waals surface area contributed by atoms with Crippen molar-refractivity contribution in [3.63, 3.8) is 0 Å². The number of nitrogens with one attached hydrogen (secondary N) is 1. The third-order valence-corrected chi connectivity index (χ3v) is 4.13. The molecule has 0 saturated carbocycles. The summed E-state index contributed by atoms with van der Waals surface area (Å²) in [7, 11) is 0. The van der Waals surface area contributed by atoms with E-state index in [1.807, 2.05) is 0 Å². The highest BCUT2D eigenvalue weighted by Gasteiger charge is 2.20. The maximum Gasteiger partial charge on any atom is 0.325 e. The van der Waals surface area contributed by atoms with Gasteiger partial charge in [0.25, 0.3) is 0 Å². The van der Waals surface area contributed by atoms with Gasteiger partial charge in [-0.25, -0.2) is 0 Å². The zero-order chi connectivity index (χ0) is 14.6. The summed E-state index contributed by atoms with van der Waals surface area (Å²) < 4.78 is 0. The lowest BCUT2D eigenvalue weighted by Crippen LogP contribution is -2.42. The Bertz CT molecular complexity index is 496. The summed E-state index contributed by atoms with van der Waals surface area (Å²) >= 11 is 13.1. The fourth-order valence-electron chi connectivity index (χ4n) is 1.20. The third kappa shape index (κ3) is 4.93. The van der Waals surface area contributed by atoms with Crippen LogP contribution in [0.4, 0.5) is 0 Å². The maximum atomic E-state index is 11.8. The summed E-state index contributed by atoms with van der Waals surface area (Å²) in [5.41, 5.74) is 0. The number of halogens is 2. The molecule has 0 aliphatic heterocycles. The minimum absolute atomic E-state index is 0.365. The molecule has 2 atom stereocenters. The third-order valence-electron chi connectivity index (χ3n) is 2.30. The molecule has 19 heavy (non-hydrogen) atoms. The number of hydrogen-bond donors (Lipinski definition) is 2. The van der Waals surface area contributed by atoms with Crippen LogP contribution in [0.1, 0.15) is 13.8 Å². The molecule has 0 fully saturated rings. The van der Waals surface area contributed by atoms with Gasteiger partial charge in [0.1, 0.15) is 6.04 Å². The monoisotopic (exact) mass is 321 g/mol. The summed E-state index contributed by atoms with van der Waals surface area (Å²) in [6, 6.07) is 4.05. The topological polar surface area (TPSA) is 66.4 Å². The molecule has 1 amide bonds. The van der Waals surface area contributed by atoms with Crippen LogP contribution >= 0.6 is 35.0 Å². The van der Waals surface area contributed by atoms with Gasteiger partial charge in [-0.1, -0.05) is 23.2 Å². The van der Waals surface area contributed by atoms with E-state index >= 15 is 0 Å². The Kier molecular flexibility index (Phi) is 5.97. The number of carbonyl (C=O) groups excluding carboxylic acids is 1. The van der Waals surface area contributed by atoms with Crippen molar-refractivity contribution in [2.24, 2.45) is 0 Å². The molecule has 1 aromatic carbocycles. The van der Waals surface area contributed by atoms with Crippen LogP contribution in [0.3, 0.4) is 0 Å². The number of carboxylic acids is 1. The van der Waals surface area contributed by atoms with E-state index in [4.69, 9.17) is 28.3 Å². The second kappa shape index (κ2) is 7.03. The number of rotatable bonds is 5. The normalized spacial score (nSPS) is 13.7. The lowest BCUT2D eigenvalue weighted by atomic mass is 10.3. The van der Waals surface area contributed by atoms with Gasteiger partial charge in [-0.05, 0) is 32.0 Å². The summed E-state index contributed by atoms with van der Waals surface area (Å²) in [6.07, 6.45) is 0. The first-order valence-electron chi connectivity index (χ1n) is 5.46. The predicted octanol–water partition coefficient (Wildman–Crippen LogP) is 3.06. The number of carboxylic acid groups (broad SMARTS) is 1. The number of aliphatic carboxylic acids is 1. The van der Waals surface area contributed by atoms with Gasteiger partial charge in [0.05, 0.1) is 10.3 Å². The molecule has 1 unspecified atom stereocenters. The Morgan fingerprint density at radius 3 is 2.53 bits per heavy atom. The smallest absolute Gasteiger partial charge is 0.325 e. The Morgan fingerprint density at radius 2 is 1.95 bits per heavy atom. The highest BCUT2D eigenvalue weighted by Crippen LogP contribution is 2.32. The van der Waals surface area contributed by atoms with Crippen molar-refractivity contribution in [1.29, 1.82) is 0 Å². The molecule has 0 aromatic heterocycles. The van der Waals surface area contributed by atoms with Gasteiger partial charge in [0.15, 0.2) is 0 Å². The summed E-state index contributed by atoms with van der Waals surface area (Å²) in [6.45, 7) is 3.08. The molecule has 1 aromatic rings. The summed E-state index contributed by atoms with van der Waals surface area (Å²) in [5.74, 6) is -1.44. The minimum atomic E-state index is -1.08. The highest BCUT2D eigenvalue weighted by molar-refractivity contribution is 8.00.